The van der Waals surface area contributed by atoms with Crippen LogP contribution in [0.2, 0.25) is 0 Å². The van der Waals surface area contributed by atoms with Gasteiger partial charge in [0.05, 0.1) is 14.2 Å². The topological polar surface area (TPSA) is 18.5 Å². The molecule has 2 nitrogen and oxygen atoms in total. The zero-order valence-electron chi connectivity index (χ0n) is 29.4. The second-order valence-electron chi connectivity index (χ2n) is 13.0. The number of rotatable bonds is 6. The van der Waals surface area contributed by atoms with Crippen LogP contribution in [-0.4, -0.2) is 14.2 Å². The van der Waals surface area contributed by atoms with Gasteiger partial charge >= 0.3 is 21.7 Å². The van der Waals surface area contributed by atoms with Crippen molar-refractivity contribution in [3.05, 3.63) is 134 Å². The van der Waals surface area contributed by atoms with Crippen molar-refractivity contribution < 1.29 is 56.0 Å². The first-order valence-corrected chi connectivity index (χ1v) is 17.4. The molecule has 0 heterocycles. The maximum absolute atomic E-state index is 5.26. The molecule has 0 radical (unpaired) electrons. The summed E-state index contributed by atoms with van der Waals surface area (Å²) in [6, 6.07) is 39.6. The molecule has 0 aliphatic heterocycles. The van der Waals surface area contributed by atoms with E-state index < -0.39 is 0 Å². The Morgan fingerprint density at radius 3 is 1.22 bits per heavy atom. The summed E-state index contributed by atoms with van der Waals surface area (Å²) in [5.74, 6) is 3.36. The molecule has 5 heteroatoms. The van der Waals surface area contributed by atoms with Gasteiger partial charge in [-0.3, -0.25) is 0 Å². The molecule has 0 saturated heterocycles. The minimum absolute atomic E-state index is 0. The van der Waals surface area contributed by atoms with Crippen molar-refractivity contribution in [1.82, 2.24) is 0 Å². The van der Waals surface area contributed by atoms with Crippen LogP contribution < -0.4 is 34.3 Å². The van der Waals surface area contributed by atoms with Crippen LogP contribution in [0.15, 0.2) is 109 Å². The monoisotopic (exact) mass is 738 g/mol. The summed E-state index contributed by atoms with van der Waals surface area (Å²) in [7, 11) is 3.42. The molecule has 0 atom stereocenters. The second kappa shape index (κ2) is 20.1. The minimum atomic E-state index is 0. The molecule has 262 valence electrons. The fourth-order valence-corrected chi connectivity index (χ4v) is 7.55. The smallest absolute Gasteiger partial charge is 1.00 e. The third-order valence-electron chi connectivity index (χ3n) is 10.0. The van der Waals surface area contributed by atoms with E-state index in [4.69, 9.17) is 9.47 Å². The van der Waals surface area contributed by atoms with E-state index in [0.29, 0.717) is 0 Å². The number of halogens is 2. The van der Waals surface area contributed by atoms with Gasteiger partial charge in [0.1, 0.15) is 11.5 Å². The van der Waals surface area contributed by atoms with Gasteiger partial charge in [0.2, 0.25) is 0 Å². The SMILES string of the molecule is COc1ccc(-c2cccc3[cH-]c(C4CCCC4)cc23)cc1.COc1ccc(-c2cccc3[cH-]c(C4CCCC4)cc23)cc1.[CH2-]C[CH2-].[Cl-].[Cl-].[Ti+2]. The maximum atomic E-state index is 5.26. The van der Waals surface area contributed by atoms with Crippen molar-refractivity contribution in [3.63, 3.8) is 0 Å². The summed E-state index contributed by atoms with van der Waals surface area (Å²) in [6.07, 6.45) is 11.7. The molecule has 0 amide bonds. The molecule has 2 aliphatic carbocycles. The minimum Gasteiger partial charge on any atom is -1.00 e. The summed E-state index contributed by atoms with van der Waals surface area (Å²) in [4.78, 5) is 0. The molecular formula is C45H48Cl2O2Ti-4. The molecule has 0 spiro atoms. The Kier molecular flexibility index (Phi) is 16.7. The Labute approximate surface area is 327 Å². The Bertz CT molecular complexity index is 1720. The van der Waals surface area contributed by atoms with Gasteiger partial charge in [0, 0.05) is 0 Å². The third kappa shape index (κ3) is 9.65. The number of methoxy groups -OCH3 is 2. The van der Waals surface area contributed by atoms with Crippen molar-refractivity contribution in [3.8, 4) is 33.8 Å². The number of ether oxygens (including phenoxy) is 2. The predicted molar refractivity (Wildman–Crippen MR) is 201 cm³/mol. The summed E-state index contributed by atoms with van der Waals surface area (Å²) < 4.78 is 10.5. The van der Waals surface area contributed by atoms with Crippen LogP contribution in [0, 0.1) is 13.8 Å². The van der Waals surface area contributed by atoms with Crippen LogP contribution in [0.5, 0.6) is 11.5 Å². The Morgan fingerprint density at radius 1 is 0.560 bits per heavy atom. The van der Waals surface area contributed by atoms with E-state index in [1.54, 1.807) is 14.2 Å². The first-order chi connectivity index (χ1) is 23.1. The number of hydrogen-bond acceptors (Lipinski definition) is 2. The van der Waals surface area contributed by atoms with Gasteiger partial charge in [-0.1, -0.05) is 73.2 Å². The van der Waals surface area contributed by atoms with Crippen LogP contribution in [0.1, 0.15) is 80.8 Å². The van der Waals surface area contributed by atoms with Crippen LogP contribution >= 0.6 is 0 Å². The average Bonchev–Trinajstić information content (AvgIpc) is 3.95. The zero-order chi connectivity index (χ0) is 32.6. The predicted octanol–water partition coefficient (Wildman–Crippen LogP) is 6.83. The maximum Gasteiger partial charge on any atom is 2.00 e. The van der Waals surface area contributed by atoms with Crippen LogP contribution in [-0.2, 0) is 21.7 Å². The number of hydrogen-bond donors (Lipinski definition) is 0. The van der Waals surface area contributed by atoms with Crippen LogP contribution in [0.3, 0.4) is 0 Å². The van der Waals surface area contributed by atoms with Crippen LogP contribution in [0.25, 0.3) is 43.8 Å². The fraction of sp³-hybridized carbons (Fsp3) is 0.289. The van der Waals surface area contributed by atoms with E-state index in [-0.39, 0.29) is 46.5 Å². The van der Waals surface area contributed by atoms with E-state index in [9.17, 15) is 0 Å². The van der Waals surface area contributed by atoms with Crippen molar-refractivity contribution >= 4 is 21.5 Å². The largest absolute Gasteiger partial charge is 2.00 e. The fourth-order valence-electron chi connectivity index (χ4n) is 7.55. The molecule has 2 saturated carbocycles. The van der Waals surface area contributed by atoms with E-state index in [1.165, 1.54) is 106 Å². The standard InChI is InChI=1S/2C21H21O.C3H6.2ClH.Ti/c2*1-22-19-11-9-16(10-12-19)20-8-4-7-17-13-18(14-21(17)20)15-5-2-3-6-15;1-3-2;;;/h2*4,7-15H,2-3,5-6H2,1H3;1-3H2;2*1H;/q2*-1;-2;;;+2/p-2. The number of fused-ring (bicyclic) bond motifs is 2. The third-order valence-corrected chi connectivity index (χ3v) is 10.0. The number of benzene rings is 4. The molecule has 0 N–H and O–H groups in total. The Morgan fingerprint density at radius 2 is 0.900 bits per heavy atom. The van der Waals surface area contributed by atoms with Crippen molar-refractivity contribution in [2.24, 2.45) is 0 Å². The van der Waals surface area contributed by atoms with Gasteiger partial charge in [0.25, 0.3) is 0 Å². The van der Waals surface area contributed by atoms with Crippen LogP contribution in [0.4, 0.5) is 0 Å². The molecule has 0 unspecified atom stereocenters. The molecule has 0 aromatic heterocycles. The molecule has 8 rings (SSSR count). The molecule has 6 aromatic rings. The van der Waals surface area contributed by atoms with Gasteiger partial charge in [-0.2, -0.15) is 12.1 Å². The average molecular weight is 740 g/mol. The molecule has 6 aromatic carbocycles. The van der Waals surface area contributed by atoms with Gasteiger partial charge in [-0.15, -0.1) is 69.1 Å². The first-order valence-electron chi connectivity index (χ1n) is 17.4. The quantitative estimate of drug-likeness (QED) is 0.138. The normalized spacial score (nSPS) is 14.0. The van der Waals surface area contributed by atoms with Crippen molar-refractivity contribution in [1.29, 1.82) is 0 Å². The summed E-state index contributed by atoms with van der Waals surface area (Å²) >= 11 is 0. The van der Waals surface area contributed by atoms with Crippen molar-refractivity contribution in [2.75, 3.05) is 14.2 Å². The van der Waals surface area contributed by atoms with Gasteiger partial charge in [-0.05, 0) is 72.9 Å². The molecule has 0 bridgehead atoms. The second-order valence-corrected chi connectivity index (χ2v) is 13.0. The Hall–Kier alpha value is -3.01. The molecule has 50 heavy (non-hydrogen) atoms. The van der Waals surface area contributed by atoms with E-state index in [2.05, 4.69) is 98.8 Å². The zero-order valence-corrected chi connectivity index (χ0v) is 32.5. The van der Waals surface area contributed by atoms with E-state index >= 15 is 0 Å². The molecule has 2 fully saturated rings. The van der Waals surface area contributed by atoms with E-state index in [0.717, 1.165) is 29.8 Å². The summed E-state index contributed by atoms with van der Waals surface area (Å²) in [5, 5.41) is 5.51. The first kappa shape index (κ1) is 41.4. The summed E-state index contributed by atoms with van der Waals surface area (Å²) in [5.41, 5.74) is 8.24. The van der Waals surface area contributed by atoms with Gasteiger partial charge in [-0.25, -0.2) is 0 Å². The van der Waals surface area contributed by atoms with Gasteiger partial charge in [0.15, 0.2) is 0 Å². The van der Waals surface area contributed by atoms with Crippen molar-refractivity contribution in [2.45, 2.75) is 69.6 Å². The molecule has 2 aliphatic rings. The summed E-state index contributed by atoms with van der Waals surface area (Å²) in [6.45, 7) is 6.75. The van der Waals surface area contributed by atoms with E-state index in [1.807, 2.05) is 24.3 Å². The molecular weight excluding hydrogens is 691 g/mol. The Balaban J connectivity index is 0.000000238. The van der Waals surface area contributed by atoms with Gasteiger partial charge < -0.3 is 54.6 Å².